The zero-order valence-corrected chi connectivity index (χ0v) is 11.8. The Morgan fingerprint density at radius 2 is 2.05 bits per heavy atom. The molecule has 1 aliphatic heterocycles. The van der Waals surface area contributed by atoms with Gasteiger partial charge in [-0.2, -0.15) is 13.2 Å². The van der Waals surface area contributed by atoms with Crippen molar-refractivity contribution in [3.05, 3.63) is 0 Å². The third-order valence-electron chi connectivity index (χ3n) is 3.47. The summed E-state index contributed by atoms with van der Waals surface area (Å²) in [5.74, 6) is 0.141. The van der Waals surface area contributed by atoms with E-state index >= 15 is 0 Å². The Hall–Kier alpha value is -0.330. The predicted molar refractivity (Wildman–Crippen MR) is 69.2 cm³/mol. The van der Waals surface area contributed by atoms with Crippen LogP contribution in [-0.4, -0.2) is 56.5 Å². The topological polar surface area (TPSA) is 24.5 Å². The zero-order valence-electron chi connectivity index (χ0n) is 11.8. The van der Waals surface area contributed by atoms with Crippen molar-refractivity contribution < 1.29 is 17.9 Å². The number of alkyl halides is 3. The van der Waals surface area contributed by atoms with Crippen molar-refractivity contribution in [1.82, 2.24) is 10.2 Å². The molecule has 0 saturated carbocycles. The molecule has 0 radical (unpaired) electrons. The molecule has 19 heavy (non-hydrogen) atoms. The third-order valence-corrected chi connectivity index (χ3v) is 3.47. The van der Waals surface area contributed by atoms with Gasteiger partial charge in [0.2, 0.25) is 0 Å². The normalized spacial score (nSPS) is 24.9. The molecule has 0 spiro atoms. The second-order valence-electron chi connectivity index (χ2n) is 5.13. The number of rotatable bonds is 7. The fraction of sp³-hybridized carbons (Fsp3) is 1.00. The van der Waals surface area contributed by atoms with Crippen LogP contribution in [0, 0.1) is 5.92 Å². The maximum absolute atomic E-state index is 12.5. The van der Waals surface area contributed by atoms with Gasteiger partial charge < -0.3 is 10.1 Å². The van der Waals surface area contributed by atoms with Crippen molar-refractivity contribution in [3.8, 4) is 0 Å². The standard InChI is InChI=1S/C13H25F3N2O/c1-3-6-17-12-5-7-19-9-11(12)8-18(4-2)10-13(14,15)16/h11-12,17H,3-10H2,1-2H3. The summed E-state index contributed by atoms with van der Waals surface area (Å²) in [5, 5.41) is 3.43. The maximum Gasteiger partial charge on any atom is 0.401 e. The molecule has 0 amide bonds. The molecular weight excluding hydrogens is 257 g/mol. The first-order chi connectivity index (χ1) is 8.96. The van der Waals surface area contributed by atoms with Crippen LogP contribution in [-0.2, 0) is 4.74 Å². The summed E-state index contributed by atoms with van der Waals surface area (Å²) >= 11 is 0. The fourth-order valence-corrected chi connectivity index (χ4v) is 2.47. The van der Waals surface area contributed by atoms with E-state index in [4.69, 9.17) is 4.74 Å². The highest BCUT2D eigenvalue weighted by Crippen LogP contribution is 2.20. The van der Waals surface area contributed by atoms with Crippen LogP contribution in [0.2, 0.25) is 0 Å². The minimum absolute atomic E-state index is 0.141. The first-order valence-corrected chi connectivity index (χ1v) is 7.06. The Morgan fingerprint density at radius 1 is 1.32 bits per heavy atom. The largest absolute Gasteiger partial charge is 0.401 e. The van der Waals surface area contributed by atoms with Crippen LogP contribution in [0.5, 0.6) is 0 Å². The quantitative estimate of drug-likeness (QED) is 0.775. The minimum atomic E-state index is -4.13. The van der Waals surface area contributed by atoms with E-state index in [-0.39, 0.29) is 12.0 Å². The smallest absolute Gasteiger partial charge is 0.381 e. The van der Waals surface area contributed by atoms with E-state index in [2.05, 4.69) is 12.2 Å². The lowest BCUT2D eigenvalue weighted by molar-refractivity contribution is -0.148. The maximum atomic E-state index is 12.5. The molecule has 6 heteroatoms. The van der Waals surface area contributed by atoms with Crippen molar-refractivity contribution in [3.63, 3.8) is 0 Å². The van der Waals surface area contributed by atoms with Gasteiger partial charge in [-0.05, 0) is 25.9 Å². The second kappa shape index (κ2) is 8.07. The summed E-state index contributed by atoms with van der Waals surface area (Å²) < 4.78 is 42.8. The molecule has 2 unspecified atom stereocenters. The van der Waals surface area contributed by atoms with Gasteiger partial charge in [-0.15, -0.1) is 0 Å². The van der Waals surface area contributed by atoms with Crippen LogP contribution in [0.25, 0.3) is 0 Å². The number of nitrogens with one attached hydrogen (secondary N) is 1. The Balaban J connectivity index is 2.49. The first-order valence-electron chi connectivity index (χ1n) is 7.06. The Kier molecular flexibility index (Phi) is 7.10. The van der Waals surface area contributed by atoms with E-state index in [0.29, 0.717) is 26.3 Å². The molecular formula is C13H25F3N2O. The van der Waals surface area contributed by atoms with Gasteiger partial charge in [0.05, 0.1) is 13.2 Å². The lowest BCUT2D eigenvalue weighted by Gasteiger charge is -2.36. The van der Waals surface area contributed by atoms with Gasteiger partial charge >= 0.3 is 6.18 Å². The lowest BCUT2D eigenvalue weighted by atomic mass is 9.95. The average molecular weight is 282 g/mol. The molecule has 1 aliphatic rings. The SMILES string of the molecule is CCCNC1CCOCC1CN(CC)CC(F)(F)F. The molecule has 1 N–H and O–H groups in total. The lowest BCUT2D eigenvalue weighted by Crippen LogP contribution is -2.49. The van der Waals surface area contributed by atoms with Gasteiger partial charge in [0.15, 0.2) is 0 Å². The van der Waals surface area contributed by atoms with E-state index in [0.717, 1.165) is 19.4 Å². The molecule has 0 aromatic carbocycles. The number of halogens is 3. The molecule has 1 saturated heterocycles. The summed E-state index contributed by atoms with van der Waals surface area (Å²) in [6.45, 7) is 6.03. The summed E-state index contributed by atoms with van der Waals surface area (Å²) in [4.78, 5) is 1.46. The van der Waals surface area contributed by atoms with E-state index in [1.165, 1.54) is 4.90 Å². The molecule has 1 fully saturated rings. The summed E-state index contributed by atoms with van der Waals surface area (Å²) in [6.07, 6.45) is -2.21. The van der Waals surface area contributed by atoms with Crippen molar-refractivity contribution in [2.24, 2.45) is 5.92 Å². The van der Waals surface area contributed by atoms with Crippen LogP contribution >= 0.6 is 0 Å². The van der Waals surface area contributed by atoms with E-state index in [9.17, 15) is 13.2 Å². The van der Waals surface area contributed by atoms with Crippen molar-refractivity contribution in [1.29, 1.82) is 0 Å². The highest BCUT2D eigenvalue weighted by Gasteiger charge is 2.33. The average Bonchev–Trinajstić information content (AvgIpc) is 2.35. The van der Waals surface area contributed by atoms with Gasteiger partial charge in [-0.25, -0.2) is 0 Å². The highest BCUT2D eigenvalue weighted by atomic mass is 19.4. The van der Waals surface area contributed by atoms with Crippen LogP contribution in [0.4, 0.5) is 13.2 Å². The number of hydrogen-bond donors (Lipinski definition) is 1. The van der Waals surface area contributed by atoms with E-state index in [1.54, 1.807) is 6.92 Å². The number of hydrogen-bond acceptors (Lipinski definition) is 3. The van der Waals surface area contributed by atoms with Crippen LogP contribution < -0.4 is 5.32 Å². The fourth-order valence-electron chi connectivity index (χ4n) is 2.47. The predicted octanol–water partition coefficient (Wildman–Crippen LogP) is 2.28. The van der Waals surface area contributed by atoms with Crippen LogP contribution in [0.1, 0.15) is 26.7 Å². The summed E-state index contributed by atoms with van der Waals surface area (Å²) in [6, 6.07) is 0.274. The van der Waals surface area contributed by atoms with Crippen molar-refractivity contribution in [2.45, 2.75) is 38.9 Å². The summed E-state index contributed by atoms with van der Waals surface area (Å²) in [5.41, 5.74) is 0. The third kappa shape index (κ3) is 6.58. The molecule has 3 nitrogen and oxygen atoms in total. The van der Waals surface area contributed by atoms with Gasteiger partial charge in [0.25, 0.3) is 0 Å². The van der Waals surface area contributed by atoms with Gasteiger partial charge in [-0.3, -0.25) is 4.90 Å². The van der Waals surface area contributed by atoms with E-state index in [1.807, 2.05) is 0 Å². The van der Waals surface area contributed by atoms with Gasteiger partial charge in [0, 0.05) is 25.1 Å². The van der Waals surface area contributed by atoms with Crippen molar-refractivity contribution >= 4 is 0 Å². The second-order valence-corrected chi connectivity index (χ2v) is 5.13. The minimum Gasteiger partial charge on any atom is -0.381 e. The van der Waals surface area contributed by atoms with Gasteiger partial charge in [-0.1, -0.05) is 13.8 Å². The molecule has 0 aliphatic carbocycles. The van der Waals surface area contributed by atoms with Crippen LogP contribution in [0.15, 0.2) is 0 Å². The Labute approximate surface area is 113 Å². The summed E-state index contributed by atoms with van der Waals surface area (Å²) in [7, 11) is 0. The number of ether oxygens (including phenoxy) is 1. The molecule has 1 rings (SSSR count). The zero-order chi connectivity index (χ0) is 14.3. The van der Waals surface area contributed by atoms with Gasteiger partial charge in [0.1, 0.15) is 0 Å². The number of nitrogens with zero attached hydrogens (tertiary/aromatic N) is 1. The molecule has 1 heterocycles. The Morgan fingerprint density at radius 3 is 2.63 bits per heavy atom. The molecule has 2 atom stereocenters. The molecule has 0 aromatic heterocycles. The molecule has 0 bridgehead atoms. The molecule has 0 aromatic rings. The Bertz CT molecular complexity index is 249. The molecule has 114 valence electrons. The highest BCUT2D eigenvalue weighted by molar-refractivity contribution is 4.82. The first kappa shape index (κ1) is 16.7. The monoisotopic (exact) mass is 282 g/mol. The van der Waals surface area contributed by atoms with Crippen molar-refractivity contribution in [2.75, 3.05) is 39.4 Å². The van der Waals surface area contributed by atoms with E-state index < -0.39 is 12.7 Å². The van der Waals surface area contributed by atoms with Crippen LogP contribution in [0.3, 0.4) is 0 Å².